The fourth-order valence-electron chi connectivity index (χ4n) is 2.20. The van der Waals surface area contributed by atoms with Gasteiger partial charge in [0, 0.05) is 12.1 Å². The van der Waals surface area contributed by atoms with Gasteiger partial charge in [0.25, 0.3) is 0 Å². The Bertz CT molecular complexity index is 606. The number of Topliss-reactive ketones (excluding diaryl/α,β-unsaturated/α-hetero) is 1. The summed E-state index contributed by atoms with van der Waals surface area (Å²) in [5.74, 6) is 0.175. The van der Waals surface area contributed by atoms with Crippen LogP contribution in [0.4, 0.5) is 0 Å². The third kappa shape index (κ3) is 4.25. The van der Waals surface area contributed by atoms with Crippen LogP contribution >= 0.6 is 27.3 Å². The SMILES string of the molecule is CCc1ccc(C(=O)C(C)N(C)Cc2csc(Br)c2)cc1. The number of thiophene rings is 1. The lowest BCUT2D eigenvalue weighted by atomic mass is 10.0. The predicted molar refractivity (Wildman–Crippen MR) is 93.1 cm³/mol. The monoisotopic (exact) mass is 365 g/mol. The number of carbonyl (C=O) groups excluding carboxylic acids is 1. The molecule has 112 valence electrons. The van der Waals surface area contributed by atoms with Gasteiger partial charge < -0.3 is 0 Å². The van der Waals surface area contributed by atoms with Crippen LogP contribution < -0.4 is 0 Å². The second kappa shape index (κ2) is 7.34. The highest BCUT2D eigenvalue weighted by atomic mass is 79.9. The molecule has 0 amide bonds. The first-order valence-corrected chi connectivity index (χ1v) is 8.74. The number of aryl methyl sites for hydroxylation is 1. The van der Waals surface area contributed by atoms with Crippen molar-refractivity contribution in [2.75, 3.05) is 7.05 Å². The molecule has 0 saturated heterocycles. The molecule has 0 saturated carbocycles. The van der Waals surface area contributed by atoms with E-state index in [0.29, 0.717) is 0 Å². The van der Waals surface area contributed by atoms with E-state index in [2.05, 4.69) is 39.2 Å². The first kappa shape index (κ1) is 16.4. The number of hydrogen-bond donors (Lipinski definition) is 0. The van der Waals surface area contributed by atoms with E-state index in [-0.39, 0.29) is 11.8 Å². The number of hydrogen-bond acceptors (Lipinski definition) is 3. The van der Waals surface area contributed by atoms with Crippen molar-refractivity contribution in [3.8, 4) is 0 Å². The molecular formula is C17H20BrNOS. The zero-order valence-corrected chi connectivity index (χ0v) is 15.0. The van der Waals surface area contributed by atoms with E-state index in [9.17, 15) is 4.79 Å². The quantitative estimate of drug-likeness (QED) is 0.686. The molecule has 2 nitrogen and oxygen atoms in total. The number of halogens is 1. The highest BCUT2D eigenvalue weighted by molar-refractivity contribution is 9.11. The lowest BCUT2D eigenvalue weighted by molar-refractivity contribution is 0.0862. The number of benzene rings is 1. The third-order valence-corrected chi connectivity index (χ3v) is 5.29. The highest BCUT2D eigenvalue weighted by Crippen LogP contribution is 2.22. The lowest BCUT2D eigenvalue weighted by Gasteiger charge is -2.23. The summed E-state index contributed by atoms with van der Waals surface area (Å²) in [5, 5.41) is 2.12. The van der Waals surface area contributed by atoms with Crippen molar-refractivity contribution in [1.29, 1.82) is 0 Å². The van der Waals surface area contributed by atoms with Gasteiger partial charge in [0.1, 0.15) is 0 Å². The van der Waals surface area contributed by atoms with E-state index in [4.69, 9.17) is 0 Å². The van der Waals surface area contributed by atoms with Crippen LogP contribution in [0.5, 0.6) is 0 Å². The van der Waals surface area contributed by atoms with E-state index in [1.165, 1.54) is 11.1 Å². The Hall–Kier alpha value is -0.970. The minimum absolute atomic E-state index is 0.129. The standard InChI is InChI=1S/C17H20BrNOS/c1-4-13-5-7-15(8-6-13)17(20)12(2)19(3)10-14-9-16(18)21-11-14/h5-9,11-12H,4,10H2,1-3H3. The van der Waals surface area contributed by atoms with Crippen LogP contribution in [0.3, 0.4) is 0 Å². The van der Waals surface area contributed by atoms with E-state index in [0.717, 1.165) is 22.3 Å². The fraction of sp³-hybridized carbons (Fsp3) is 0.353. The zero-order chi connectivity index (χ0) is 15.4. The van der Waals surface area contributed by atoms with Crippen molar-refractivity contribution in [2.45, 2.75) is 32.9 Å². The molecule has 0 bridgehead atoms. The first-order chi connectivity index (χ1) is 10.0. The molecule has 21 heavy (non-hydrogen) atoms. The number of rotatable bonds is 6. The normalized spacial score (nSPS) is 12.6. The zero-order valence-electron chi connectivity index (χ0n) is 12.6. The lowest BCUT2D eigenvalue weighted by Crippen LogP contribution is -2.35. The average molecular weight is 366 g/mol. The van der Waals surface area contributed by atoms with E-state index in [1.807, 2.05) is 38.2 Å². The number of nitrogens with zero attached hydrogens (tertiary/aromatic N) is 1. The Morgan fingerprint density at radius 3 is 2.48 bits per heavy atom. The van der Waals surface area contributed by atoms with Crippen LogP contribution in [0.1, 0.15) is 35.3 Å². The molecule has 0 radical (unpaired) electrons. The second-order valence-corrected chi connectivity index (χ2v) is 7.56. The highest BCUT2D eigenvalue weighted by Gasteiger charge is 2.19. The van der Waals surface area contributed by atoms with Gasteiger partial charge in [-0.25, -0.2) is 0 Å². The molecule has 2 rings (SSSR count). The number of carbonyl (C=O) groups is 1. The van der Waals surface area contributed by atoms with Gasteiger partial charge in [0.2, 0.25) is 0 Å². The van der Waals surface area contributed by atoms with E-state index in [1.54, 1.807) is 11.3 Å². The Morgan fingerprint density at radius 2 is 1.95 bits per heavy atom. The van der Waals surface area contributed by atoms with Crippen LogP contribution in [0.25, 0.3) is 0 Å². The van der Waals surface area contributed by atoms with E-state index < -0.39 is 0 Å². The summed E-state index contributed by atoms with van der Waals surface area (Å²) in [4.78, 5) is 14.6. The van der Waals surface area contributed by atoms with Gasteiger partial charge in [-0.2, -0.15) is 0 Å². The van der Waals surface area contributed by atoms with Crippen molar-refractivity contribution >= 4 is 33.0 Å². The molecule has 1 aromatic carbocycles. The Labute approximate surface area is 138 Å². The van der Waals surface area contributed by atoms with E-state index >= 15 is 0 Å². The first-order valence-electron chi connectivity index (χ1n) is 7.07. The minimum atomic E-state index is -0.129. The van der Waals surface area contributed by atoms with Crippen molar-refractivity contribution in [1.82, 2.24) is 4.90 Å². The van der Waals surface area contributed by atoms with Gasteiger partial charge >= 0.3 is 0 Å². The molecule has 0 aliphatic heterocycles. The fourth-order valence-corrected chi connectivity index (χ4v) is 3.40. The van der Waals surface area contributed by atoms with Gasteiger partial charge in [0.05, 0.1) is 9.83 Å². The summed E-state index contributed by atoms with van der Waals surface area (Å²) in [7, 11) is 1.99. The molecule has 4 heteroatoms. The minimum Gasteiger partial charge on any atom is -0.292 e. The van der Waals surface area contributed by atoms with Gasteiger partial charge in [-0.05, 0) is 58.9 Å². The Morgan fingerprint density at radius 1 is 1.29 bits per heavy atom. The summed E-state index contributed by atoms with van der Waals surface area (Å²) in [6.07, 6.45) is 0.997. The van der Waals surface area contributed by atoms with Gasteiger partial charge in [-0.15, -0.1) is 11.3 Å². The predicted octanol–water partition coefficient (Wildman–Crippen LogP) is 4.78. The molecule has 2 aromatic rings. The van der Waals surface area contributed by atoms with Gasteiger partial charge in [-0.3, -0.25) is 9.69 Å². The second-order valence-electron chi connectivity index (χ2n) is 5.26. The third-order valence-electron chi connectivity index (χ3n) is 3.74. The summed E-state index contributed by atoms with van der Waals surface area (Å²) in [6, 6.07) is 9.93. The summed E-state index contributed by atoms with van der Waals surface area (Å²) in [6.45, 7) is 4.87. The molecule has 0 N–H and O–H groups in total. The molecule has 0 aliphatic carbocycles. The number of likely N-dealkylation sites (N-methyl/N-ethyl adjacent to an activating group) is 1. The van der Waals surface area contributed by atoms with Crippen molar-refractivity contribution in [3.05, 3.63) is 56.2 Å². The van der Waals surface area contributed by atoms with Crippen LogP contribution in [-0.4, -0.2) is 23.8 Å². The number of ketones is 1. The smallest absolute Gasteiger partial charge is 0.179 e. The van der Waals surface area contributed by atoms with Crippen LogP contribution in [-0.2, 0) is 13.0 Å². The Balaban J connectivity index is 2.03. The maximum Gasteiger partial charge on any atom is 0.179 e. The molecule has 0 spiro atoms. The van der Waals surface area contributed by atoms with Crippen molar-refractivity contribution in [3.63, 3.8) is 0 Å². The van der Waals surface area contributed by atoms with Crippen molar-refractivity contribution in [2.24, 2.45) is 0 Å². The van der Waals surface area contributed by atoms with Gasteiger partial charge in [-0.1, -0.05) is 31.2 Å². The molecule has 0 aliphatic rings. The average Bonchev–Trinajstić information content (AvgIpc) is 2.90. The maximum atomic E-state index is 12.5. The van der Waals surface area contributed by atoms with Crippen LogP contribution in [0.2, 0.25) is 0 Å². The summed E-state index contributed by atoms with van der Waals surface area (Å²) < 4.78 is 1.13. The summed E-state index contributed by atoms with van der Waals surface area (Å²) >= 11 is 5.14. The maximum absolute atomic E-state index is 12.5. The molecule has 0 fully saturated rings. The largest absolute Gasteiger partial charge is 0.292 e. The summed E-state index contributed by atoms with van der Waals surface area (Å²) in [5.41, 5.74) is 3.28. The molecule has 1 aromatic heterocycles. The molecule has 1 unspecified atom stereocenters. The molecular weight excluding hydrogens is 346 g/mol. The van der Waals surface area contributed by atoms with Gasteiger partial charge in [0.15, 0.2) is 5.78 Å². The van der Waals surface area contributed by atoms with Crippen molar-refractivity contribution < 1.29 is 4.79 Å². The molecule has 1 heterocycles. The molecule has 1 atom stereocenters. The van der Waals surface area contributed by atoms with Crippen LogP contribution in [0, 0.1) is 0 Å². The Kier molecular flexibility index (Phi) is 5.73. The van der Waals surface area contributed by atoms with Crippen LogP contribution in [0.15, 0.2) is 39.5 Å². The topological polar surface area (TPSA) is 20.3 Å².